The van der Waals surface area contributed by atoms with Gasteiger partial charge in [0, 0.05) is 5.56 Å². The van der Waals surface area contributed by atoms with Gasteiger partial charge in [0.05, 0.1) is 24.6 Å². The average Bonchev–Trinajstić information content (AvgIpc) is 2.62. The van der Waals surface area contributed by atoms with Gasteiger partial charge >= 0.3 is 5.97 Å². The minimum atomic E-state index is -0.974. The molecule has 3 rings (SSSR count). The molecule has 0 atom stereocenters. The predicted octanol–water partition coefficient (Wildman–Crippen LogP) is 3.99. The first kappa shape index (κ1) is 15.6. The maximum absolute atomic E-state index is 11.0. The molecule has 24 heavy (non-hydrogen) atoms. The Morgan fingerprint density at radius 2 is 1.96 bits per heavy atom. The Morgan fingerprint density at radius 3 is 2.75 bits per heavy atom. The van der Waals surface area contributed by atoms with Crippen LogP contribution in [0.2, 0.25) is 0 Å². The summed E-state index contributed by atoms with van der Waals surface area (Å²) in [5.74, 6) is -0.253. The van der Waals surface area contributed by atoms with Gasteiger partial charge in [0.25, 0.3) is 0 Å². The lowest BCUT2D eigenvalue weighted by molar-refractivity contribution is 0.0697. The van der Waals surface area contributed by atoms with Crippen molar-refractivity contribution in [2.75, 3.05) is 12.5 Å². The second kappa shape index (κ2) is 6.83. The van der Waals surface area contributed by atoms with Gasteiger partial charge in [-0.1, -0.05) is 36.4 Å². The van der Waals surface area contributed by atoms with Crippen LogP contribution in [0.4, 0.5) is 5.69 Å². The molecule has 0 radical (unpaired) electrons. The molecule has 0 bridgehead atoms. The standard InChI is InChI=1S/C19H16N2O3/c1-24-18-10-9-13-5-2-3-8-16(13)17(18)12-20-21-15-7-4-6-14(11-15)19(22)23/h2-12,21H,1H3,(H,22,23)/b20-12+. The number of nitrogens with one attached hydrogen (secondary N) is 1. The summed E-state index contributed by atoms with van der Waals surface area (Å²) >= 11 is 0. The molecule has 0 fully saturated rings. The molecule has 5 heteroatoms. The van der Waals surface area contributed by atoms with Gasteiger partial charge in [-0.25, -0.2) is 4.79 Å². The molecule has 0 aliphatic carbocycles. The van der Waals surface area contributed by atoms with Crippen LogP contribution in [0.1, 0.15) is 15.9 Å². The first-order chi connectivity index (χ1) is 11.7. The maximum Gasteiger partial charge on any atom is 0.335 e. The van der Waals surface area contributed by atoms with Crippen LogP contribution in [0.3, 0.4) is 0 Å². The van der Waals surface area contributed by atoms with Crippen molar-refractivity contribution >= 4 is 28.6 Å². The highest BCUT2D eigenvalue weighted by Gasteiger charge is 2.06. The zero-order chi connectivity index (χ0) is 16.9. The summed E-state index contributed by atoms with van der Waals surface area (Å²) < 4.78 is 5.41. The molecule has 120 valence electrons. The molecular weight excluding hydrogens is 304 g/mol. The Morgan fingerprint density at radius 1 is 1.12 bits per heavy atom. The molecule has 0 unspecified atom stereocenters. The fourth-order valence-electron chi connectivity index (χ4n) is 2.48. The van der Waals surface area contributed by atoms with Gasteiger partial charge in [-0.3, -0.25) is 5.43 Å². The molecule has 0 aromatic heterocycles. The Hall–Kier alpha value is -3.34. The summed E-state index contributed by atoms with van der Waals surface area (Å²) in [5, 5.41) is 15.4. The van der Waals surface area contributed by atoms with Gasteiger partial charge in [-0.05, 0) is 35.0 Å². The second-order valence-corrected chi connectivity index (χ2v) is 5.16. The van der Waals surface area contributed by atoms with Gasteiger partial charge in [-0.2, -0.15) is 5.10 Å². The molecule has 0 heterocycles. The van der Waals surface area contributed by atoms with Crippen molar-refractivity contribution in [3.8, 4) is 5.75 Å². The number of ether oxygens (including phenoxy) is 1. The Balaban J connectivity index is 1.90. The maximum atomic E-state index is 11.0. The Bertz CT molecular complexity index is 919. The molecule has 0 spiro atoms. The molecule has 0 aliphatic rings. The number of hydrogen-bond acceptors (Lipinski definition) is 4. The first-order valence-corrected chi connectivity index (χ1v) is 7.37. The van der Waals surface area contributed by atoms with E-state index in [4.69, 9.17) is 9.84 Å². The van der Waals surface area contributed by atoms with Crippen LogP contribution in [0.15, 0.2) is 65.8 Å². The van der Waals surface area contributed by atoms with Gasteiger partial charge < -0.3 is 9.84 Å². The molecular formula is C19H16N2O3. The smallest absolute Gasteiger partial charge is 0.335 e. The summed E-state index contributed by atoms with van der Waals surface area (Å²) in [5.41, 5.74) is 4.52. The number of rotatable bonds is 5. The van der Waals surface area contributed by atoms with Crippen LogP contribution in [0, 0.1) is 0 Å². The number of aromatic carboxylic acids is 1. The van der Waals surface area contributed by atoms with Crippen molar-refractivity contribution in [1.82, 2.24) is 0 Å². The lowest BCUT2D eigenvalue weighted by Gasteiger charge is -2.08. The molecule has 0 saturated heterocycles. The van der Waals surface area contributed by atoms with Crippen LogP contribution >= 0.6 is 0 Å². The topological polar surface area (TPSA) is 70.9 Å². The van der Waals surface area contributed by atoms with E-state index in [2.05, 4.69) is 10.5 Å². The number of carbonyl (C=O) groups is 1. The Labute approximate surface area is 139 Å². The highest BCUT2D eigenvalue weighted by atomic mass is 16.5. The van der Waals surface area contributed by atoms with Gasteiger partial charge in [0.15, 0.2) is 0 Å². The second-order valence-electron chi connectivity index (χ2n) is 5.16. The van der Waals surface area contributed by atoms with Crippen molar-refractivity contribution in [3.63, 3.8) is 0 Å². The van der Waals surface area contributed by atoms with E-state index in [0.29, 0.717) is 5.69 Å². The number of nitrogens with zero attached hydrogens (tertiary/aromatic N) is 1. The molecule has 0 aliphatic heterocycles. The minimum absolute atomic E-state index is 0.206. The molecule has 3 aromatic carbocycles. The van der Waals surface area contributed by atoms with Gasteiger partial charge in [-0.15, -0.1) is 0 Å². The molecule has 0 saturated carbocycles. The highest BCUT2D eigenvalue weighted by Crippen LogP contribution is 2.26. The summed E-state index contributed by atoms with van der Waals surface area (Å²) in [6, 6.07) is 18.3. The monoisotopic (exact) mass is 320 g/mol. The van der Waals surface area contributed by atoms with Crippen molar-refractivity contribution < 1.29 is 14.6 Å². The van der Waals surface area contributed by atoms with Crippen LogP contribution in [-0.4, -0.2) is 24.4 Å². The summed E-state index contributed by atoms with van der Waals surface area (Å²) in [6.45, 7) is 0. The van der Waals surface area contributed by atoms with E-state index >= 15 is 0 Å². The minimum Gasteiger partial charge on any atom is -0.496 e. The van der Waals surface area contributed by atoms with E-state index in [-0.39, 0.29) is 5.56 Å². The van der Waals surface area contributed by atoms with Crippen LogP contribution in [0.5, 0.6) is 5.75 Å². The third-order valence-corrected chi connectivity index (χ3v) is 3.65. The normalized spacial score (nSPS) is 10.9. The fourth-order valence-corrected chi connectivity index (χ4v) is 2.48. The van der Waals surface area contributed by atoms with E-state index in [1.165, 1.54) is 12.1 Å². The number of carboxylic acids is 1. The van der Waals surface area contributed by atoms with E-state index in [0.717, 1.165) is 22.1 Å². The van der Waals surface area contributed by atoms with Crippen molar-refractivity contribution in [1.29, 1.82) is 0 Å². The fraction of sp³-hybridized carbons (Fsp3) is 0.0526. The van der Waals surface area contributed by atoms with Crippen molar-refractivity contribution in [2.24, 2.45) is 5.10 Å². The van der Waals surface area contributed by atoms with E-state index in [9.17, 15) is 4.79 Å². The summed E-state index contributed by atoms with van der Waals surface area (Å²) in [6.07, 6.45) is 1.68. The van der Waals surface area contributed by atoms with Gasteiger partial charge in [0.1, 0.15) is 5.75 Å². The van der Waals surface area contributed by atoms with E-state index < -0.39 is 5.97 Å². The average molecular weight is 320 g/mol. The number of anilines is 1. The molecule has 5 nitrogen and oxygen atoms in total. The number of fused-ring (bicyclic) bond motifs is 1. The molecule has 3 aromatic rings. The predicted molar refractivity (Wildman–Crippen MR) is 95.1 cm³/mol. The van der Waals surface area contributed by atoms with Gasteiger partial charge in [0.2, 0.25) is 0 Å². The van der Waals surface area contributed by atoms with Crippen molar-refractivity contribution in [2.45, 2.75) is 0 Å². The number of benzene rings is 3. The van der Waals surface area contributed by atoms with Crippen molar-refractivity contribution in [3.05, 3.63) is 71.8 Å². The Kier molecular flexibility index (Phi) is 4.43. The van der Waals surface area contributed by atoms with E-state index in [1.54, 1.807) is 25.5 Å². The third-order valence-electron chi connectivity index (χ3n) is 3.65. The number of methoxy groups -OCH3 is 1. The number of hydrogen-bond donors (Lipinski definition) is 2. The quantitative estimate of drug-likeness (QED) is 0.551. The first-order valence-electron chi connectivity index (χ1n) is 7.37. The summed E-state index contributed by atoms with van der Waals surface area (Å²) in [7, 11) is 1.62. The molecule has 0 amide bonds. The van der Waals surface area contributed by atoms with E-state index in [1.807, 2.05) is 36.4 Å². The lowest BCUT2D eigenvalue weighted by atomic mass is 10.0. The molecule has 2 N–H and O–H groups in total. The van der Waals surface area contributed by atoms with Crippen LogP contribution in [-0.2, 0) is 0 Å². The SMILES string of the molecule is COc1ccc2ccccc2c1/C=N/Nc1cccc(C(=O)O)c1. The highest BCUT2D eigenvalue weighted by molar-refractivity contribution is 6.02. The third kappa shape index (κ3) is 3.20. The number of carboxylic acid groups (broad SMARTS) is 1. The van der Waals surface area contributed by atoms with Crippen LogP contribution < -0.4 is 10.2 Å². The zero-order valence-electron chi connectivity index (χ0n) is 13.1. The van der Waals surface area contributed by atoms with Crippen LogP contribution in [0.25, 0.3) is 10.8 Å². The number of hydrazone groups is 1. The summed E-state index contributed by atoms with van der Waals surface area (Å²) in [4.78, 5) is 11.0. The largest absolute Gasteiger partial charge is 0.496 e. The zero-order valence-corrected chi connectivity index (χ0v) is 13.1. The lowest BCUT2D eigenvalue weighted by Crippen LogP contribution is -1.98.